The molecule has 0 radical (unpaired) electrons. The number of hydrogen-bond acceptors (Lipinski definition) is 5. The second-order valence-electron chi connectivity index (χ2n) is 5.94. The van der Waals surface area contributed by atoms with Gasteiger partial charge in [-0.15, -0.1) is 11.3 Å². The number of nitrogens with zero attached hydrogens (tertiary/aromatic N) is 2. The molecule has 128 valence electrons. The van der Waals surface area contributed by atoms with E-state index in [2.05, 4.69) is 27.3 Å². The van der Waals surface area contributed by atoms with Crippen LogP contribution in [0.5, 0.6) is 0 Å². The number of rotatable bonds is 4. The van der Waals surface area contributed by atoms with Crippen LogP contribution in [0.25, 0.3) is 0 Å². The van der Waals surface area contributed by atoms with Crippen LogP contribution in [0.1, 0.15) is 26.5 Å². The third-order valence-corrected chi connectivity index (χ3v) is 6.07. The minimum absolute atomic E-state index is 0.0923. The zero-order chi connectivity index (χ0) is 17.2. The lowest BCUT2D eigenvalue weighted by Crippen LogP contribution is -2.29. The molecule has 3 heterocycles. The lowest BCUT2D eigenvalue weighted by molar-refractivity contribution is 0.102. The Morgan fingerprint density at radius 1 is 1.28 bits per heavy atom. The number of fused-ring (bicyclic) bond motifs is 1. The molecule has 1 aromatic carbocycles. The molecule has 0 saturated carbocycles. The fraction of sp³-hybridized carbons (Fsp3) is 0.222. The van der Waals surface area contributed by atoms with Gasteiger partial charge >= 0.3 is 0 Å². The molecule has 0 bridgehead atoms. The van der Waals surface area contributed by atoms with Gasteiger partial charge in [-0.05, 0) is 29.1 Å². The summed E-state index contributed by atoms with van der Waals surface area (Å²) in [5, 5.41) is 8.11. The Bertz CT molecular complexity index is 874. The average Bonchev–Trinajstić information content (AvgIpc) is 3.26. The minimum Gasteiger partial charge on any atom is -0.298 e. The Labute approximate surface area is 159 Å². The van der Waals surface area contributed by atoms with Gasteiger partial charge in [0.25, 0.3) is 5.91 Å². The summed E-state index contributed by atoms with van der Waals surface area (Å²) in [6, 6.07) is 9.81. The van der Waals surface area contributed by atoms with Crippen molar-refractivity contribution in [3.05, 3.63) is 67.8 Å². The number of aromatic nitrogens is 1. The number of benzene rings is 1. The van der Waals surface area contributed by atoms with Gasteiger partial charge in [0, 0.05) is 41.3 Å². The molecule has 1 aliphatic rings. The highest BCUT2D eigenvalue weighted by molar-refractivity contribution is 7.16. The van der Waals surface area contributed by atoms with Crippen LogP contribution in [-0.2, 0) is 19.5 Å². The van der Waals surface area contributed by atoms with Crippen LogP contribution in [0, 0.1) is 0 Å². The van der Waals surface area contributed by atoms with Crippen LogP contribution in [0.4, 0.5) is 5.13 Å². The van der Waals surface area contributed by atoms with Gasteiger partial charge < -0.3 is 0 Å². The average molecular weight is 390 g/mol. The van der Waals surface area contributed by atoms with Crippen molar-refractivity contribution in [2.45, 2.75) is 19.5 Å². The summed E-state index contributed by atoms with van der Waals surface area (Å²) in [6.45, 7) is 2.73. The molecule has 1 aliphatic heterocycles. The summed E-state index contributed by atoms with van der Waals surface area (Å²) >= 11 is 9.04. The van der Waals surface area contributed by atoms with Crippen LogP contribution < -0.4 is 5.32 Å². The van der Waals surface area contributed by atoms with Gasteiger partial charge in [-0.2, -0.15) is 11.3 Å². The highest BCUT2D eigenvalue weighted by atomic mass is 35.5. The van der Waals surface area contributed by atoms with Crippen LogP contribution >= 0.6 is 34.3 Å². The summed E-state index contributed by atoms with van der Waals surface area (Å²) in [5.74, 6) is -0.0923. The van der Waals surface area contributed by atoms with Gasteiger partial charge in [0.15, 0.2) is 5.13 Å². The normalized spacial score (nSPS) is 14.3. The summed E-state index contributed by atoms with van der Waals surface area (Å²) in [5.41, 5.74) is 3.05. The SMILES string of the molecule is O=C(Nc1nc2c(s1)CN(Cc1ccc(Cl)cc1)CC2)c1ccsc1. The number of thiophene rings is 1. The van der Waals surface area contributed by atoms with E-state index in [1.54, 1.807) is 11.3 Å². The molecule has 1 N–H and O–H groups in total. The molecular formula is C18H16ClN3OS2. The summed E-state index contributed by atoms with van der Waals surface area (Å²) in [6.07, 6.45) is 0.910. The monoisotopic (exact) mass is 389 g/mol. The largest absolute Gasteiger partial charge is 0.298 e. The molecule has 25 heavy (non-hydrogen) atoms. The second-order valence-corrected chi connectivity index (χ2v) is 8.24. The Kier molecular flexibility index (Phi) is 4.85. The van der Waals surface area contributed by atoms with Crippen molar-refractivity contribution in [1.29, 1.82) is 0 Å². The van der Waals surface area contributed by atoms with Crippen LogP contribution in [-0.4, -0.2) is 22.3 Å². The van der Waals surface area contributed by atoms with Gasteiger partial charge in [-0.3, -0.25) is 15.0 Å². The highest BCUT2D eigenvalue weighted by Gasteiger charge is 2.21. The van der Waals surface area contributed by atoms with Gasteiger partial charge in [0.1, 0.15) is 0 Å². The molecule has 0 aliphatic carbocycles. The van der Waals surface area contributed by atoms with Crippen molar-refractivity contribution < 1.29 is 4.79 Å². The standard InChI is InChI=1S/C18H16ClN3OS2/c19-14-3-1-12(2-4-14)9-22-7-5-15-16(10-22)25-18(20-15)21-17(23)13-6-8-24-11-13/h1-4,6,8,11H,5,7,9-10H2,(H,20,21,23). The summed E-state index contributed by atoms with van der Waals surface area (Å²) < 4.78 is 0. The van der Waals surface area contributed by atoms with Crippen LogP contribution in [0.15, 0.2) is 41.1 Å². The first-order valence-electron chi connectivity index (χ1n) is 7.96. The topological polar surface area (TPSA) is 45.2 Å². The van der Waals surface area contributed by atoms with Gasteiger partial charge in [-0.25, -0.2) is 4.98 Å². The Hall–Kier alpha value is -1.73. The minimum atomic E-state index is -0.0923. The predicted molar refractivity (Wildman–Crippen MR) is 104 cm³/mol. The van der Waals surface area contributed by atoms with E-state index in [0.717, 1.165) is 36.8 Å². The molecule has 0 spiro atoms. The molecule has 0 fully saturated rings. The molecule has 0 saturated heterocycles. The van der Waals surface area contributed by atoms with E-state index in [-0.39, 0.29) is 5.91 Å². The summed E-state index contributed by atoms with van der Waals surface area (Å²) in [7, 11) is 0. The zero-order valence-electron chi connectivity index (χ0n) is 13.4. The number of nitrogens with one attached hydrogen (secondary N) is 1. The number of halogens is 1. The van der Waals surface area contributed by atoms with E-state index in [4.69, 9.17) is 11.6 Å². The quantitative estimate of drug-likeness (QED) is 0.705. The van der Waals surface area contributed by atoms with Crippen molar-refractivity contribution in [1.82, 2.24) is 9.88 Å². The van der Waals surface area contributed by atoms with E-state index in [1.807, 2.05) is 29.0 Å². The molecule has 2 aromatic heterocycles. The third kappa shape index (κ3) is 3.93. The van der Waals surface area contributed by atoms with Crippen LogP contribution in [0.3, 0.4) is 0 Å². The fourth-order valence-corrected chi connectivity index (χ4v) is 4.66. The van der Waals surface area contributed by atoms with Crippen LogP contribution in [0.2, 0.25) is 5.02 Å². The number of hydrogen-bond donors (Lipinski definition) is 1. The molecule has 3 aromatic rings. The molecular weight excluding hydrogens is 374 g/mol. The Morgan fingerprint density at radius 2 is 2.12 bits per heavy atom. The molecule has 7 heteroatoms. The second kappa shape index (κ2) is 7.25. The number of thiazole rings is 1. The van der Waals surface area contributed by atoms with E-state index in [9.17, 15) is 4.79 Å². The molecule has 0 unspecified atom stereocenters. The maximum Gasteiger partial charge on any atom is 0.258 e. The first-order valence-corrected chi connectivity index (χ1v) is 10.1. The molecule has 4 nitrogen and oxygen atoms in total. The smallest absolute Gasteiger partial charge is 0.258 e. The zero-order valence-corrected chi connectivity index (χ0v) is 15.8. The highest BCUT2D eigenvalue weighted by Crippen LogP contribution is 2.29. The van der Waals surface area contributed by atoms with Gasteiger partial charge in [0.05, 0.1) is 11.3 Å². The Balaban J connectivity index is 1.42. The van der Waals surface area contributed by atoms with E-state index >= 15 is 0 Å². The van der Waals surface area contributed by atoms with E-state index in [1.165, 1.54) is 21.8 Å². The van der Waals surface area contributed by atoms with Gasteiger partial charge in [-0.1, -0.05) is 23.7 Å². The maximum absolute atomic E-state index is 12.2. The van der Waals surface area contributed by atoms with Crippen molar-refractivity contribution in [3.8, 4) is 0 Å². The number of amides is 1. The molecule has 0 atom stereocenters. The molecule has 1 amide bonds. The third-order valence-electron chi connectivity index (χ3n) is 4.13. The maximum atomic E-state index is 12.2. The first kappa shape index (κ1) is 16.7. The lowest BCUT2D eigenvalue weighted by Gasteiger charge is -2.25. The van der Waals surface area contributed by atoms with E-state index < -0.39 is 0 Å². The number of anilines is 1. The van der Waals surface area contributed by atoms with Crippen molar-refractivity contribution in [2.75, 3.05) is 11.9 Å². The summed E-state index contributed by atoms with van der Waals surface area (Å²) in [4.78, 5) is 20.4. The predicted octanol–water partition coefficient (Wildman–Crippen LogP) is 4.67. The van der Waals surface area contributed by atoms with Gasteiger partial charge in [0.2, 0.25) is 0 Å². The van der Waals surface area contributed by atoms with Crippen molar-refractivity contribution in [2.24, 2.45) is 0 Å². The fourth-order valence-electron chi connectivity index (χ4n) is 2.85. The molecule has 4 rings (SSSR count). The number of carbonyl (C=O) groups excluding carboxylic acids is 1. The lowest BCUT2D eigenvalue weighted by atomic mass is 10.1. The Morgan fingerprint density at radius 3 is 2.88 bits per heavy atom. The van der Waals surface area contributed by atoms with E-state index in [0.29, 0.717) is 10.7 Å². The van der Waals surface area contributed by atoms with Crippen molar-refractivity contribution in [3.63, 3.8) is 0 Å². The first-order chi connectivity index (χ1) is 12.2. The van der Waals surface area contributed by atoms with Crippen molar-refractivity contribution >= 4 is 45.3 Å². The number of carbonyl (C=O) groups is 1.